The molecule has 1 aliphatic carbocycles. The predicted molar refractivity (Wildman–Crippen MR) is 74.1 cm³/mol. The summed E-state index contributed by atoms with van der Waals surface area (Å²) in [6.45, 7) is 6.19. The molecule has 1 aliphatic heterocycles. The van der Waals surface area contributed by atoms with Gasteiger partial charge in [-0.3, -0.25) is 4.79 Å². The van der Waals surface area contributed by atoms with Gasteiger partial charge < -0.3 is 10.6 Å². The van der Waals surface area contributed by atoms with Crippen LogP contribution in [0.5, 0.6) is 0 Å². The maximum Gasteiger partial charge on any atom is 0.225 e. The fraction of sp³-hybridized carbons (Fsp3) is 0.933. The first-order chi connectivity index (χ1) is 8.58. The van der Waals surface area contributed by atoms with E-state index in [9.17, 15) is 4.79 Å². The summed E-state index contributed by atoms with van der Waals surface area (Å²) in [5, 5.41) is 0. The predicted octanol–water partition coefficient (Wildman–Crippen LogP) is 2.40. The van der Waals surface area contributed by atoms with Gasteiger partial charge in [0.2, 0.25) is 5.91 Å². The highest BCUT2D eigenvalue weighted by molar-refractivity contribution is 5.79. The van der Waals surface area contributed by atoms with Gasteiger partial charge in [0.15, 0.2) is 0 Å². The number of amides is 1. The molecule has 2 aliphatic rings. The van der Waals surface area contributed by atoms with E-state index in [2.05, 4.69) is 18.7 Å². The molecule has 0 aromatic carbocycles. The van der Waals surface area contributed by atoms with Gasteiger partial charge >= 0.3 is 0 Å². The minimum atomic E-state index is 0.179. The fourth-order valence-corrected chi connectivity index (χ4v) is 3.45. The topological polar surface area (TPSA) is 46.3 Å². The summed E-state index contributed by atoms with van der Waals surface area (Å²) < 4.78 is 0. The summed E-state index contributed by atoms with van der Waals surface area (Å²) in [6, 6.07) is 0.179. The van der Waals surface area contributed by atoms with E-state index in [1.807, 2.05) is 0 Å². The highest BCUT2D eigenvalue weighted by Crippen LogP contribution is 2.29. The van der Waals surface area contributed by atoms with Crippen molar-refractivity contribution in [3.05, 3.63) is 0 Å². The van der Waals surface area contributed by atoms with E-state index in [1.54, 1.807) is 0 Å². The van der Waals surface area contributed by atoms with Crippen LogP contribution in [0.15, 0.2) is 0 Å². The summed E-state index contributed by atoms with van der Waals surface area (Å²) in [7, 11) is 0. The lowest BCUT2D eigenvalue weighted by Gasteiger charge is -2.40. The molecule has 0 aromatic heterocycles. The van der Waals surface area contributed by atoms with Crippen molar-refractivity contribution >= 4 is 5.91 Å². The van der Waals surface area contributed by atoms with Gasteiger partial charge in [-0.15, -0.1) is 0 Å². The molecule has 2 rings (SSSR count). The Morgan fingerprint density at radius 3 is 2.44 bits per heavy atom. The lowest BCUT2D eigenvalue weighted by Crippen LogP contribution is -2.52. The highest BCUT2D eigenvalue weighted by atomic mass is 16.2. The number of rotatable bonds is 2. The van der Waals surface area contributed by atoms with Crippen molar-refractivity contribution < 1.29 is 4.79 Å². The number of hydrogen-bond donors (Lipinski definition) is 1. The van der Waals surface area contributed by atoms with Crippen molar-refractivity contribution in [3.63, 3.8) is 0 Å². The van der Waals surface area contributed by atoms with Gasteiger partial charge in [-0.25, -0.2) is 0 Å². The molecule has 2 unspecified atom stereocenters. The molecular formula is C15H28N2O. The van der Waals surface area contributed by atoms with Crippen LogP contribution in [-0.4, -0.2) is 29.9 Å². The Balaban J connectivity index is 1.95. The zero-order valence-corrected chi connectivity index (χ0v) is 11.9. The molecule has 1 saturated heterocycles. The molecule has 1 saturated carbocycles. The van der Waals surface area contributed by atoms with E-state index in [1.165, 1.54) is 19.3 Å². The quantitative estimate of drug-likeness (QED) is 0.820. The molecule has 3 heteroatoms. The van der Waals surface area contributed by atoms with Crippen molar-refractivity contribution in [2.45, 2.75) is 58.4 Å². The Morgan fingerprint density at radius 2 is 1.83 bits per heavy atom. The average molecular weight is 252 g/mol. The van der Waals surface area contributed by atoms with Gasteiger partial charge in [-0.1, -0.05) is 33.1 Å². The van der Waals surface area contributed by atoms with Crippen LogP contribution in [0.3, 0.4) is 0 Å². The third-order valence-corrected chi connectivity index (χ3v) is 4.72. The van der Waals surface area contributed by atoms with Crippen molar-refractivity contribution in [1.82, 2.24) is 4.90 Å². The van der Waals surface area contributed by atoms with Gasteiger partial charge in [0, 0.05) is 25.0 Å². The summed E-state index contributed by atoms with van der Waals surface area (Å²) in [5.41, 5.74) is 6.13. The van der Waals surface area contributed by atoms with E-state index in [4.69, 9.17) is 5.73 Å². The van der Waals surface area contributed by atoms with E-state index in [0.29, 0.717) is 17.7 Å². The van der Waals surface area contributed by atoms with Crippen LogP contribution >= 0.6 is 0 Å². The van der Waals surface area contributed by atoms with Gasteiger partial charge in [0.05, 0.1) is 0 Å². The Labute approximate surface area is 111 Å². The molecule has 2 N–H and O–H groups in total. The molecule has 18 heavy (non-hydrogen) atoms. The van der Waals surface area contributed by atoms with Gasteiger partial charge in [0.25, 0.3) is 0 Å². The van der Waals surface area contributed by atoms with Crippen LogP contribution in [0.1, 0.15) is 52.4 Å². The van der Waals surface area contributed by atoms with Crippen LogP contribution in [-0.2, 0) is 4.79 Å². The molecule has 0 spiro atoms. The van der Waals surface area contributed by atoms with E-state index in [-0.39, 0.29) is 12.0 Å². The number of likely N-dealkylation sites (tertiary alicyclic amines) is 1. The van der Waals surface area contributed by atoms with Crippen molar-refractivity contribution in [1.29, 1.82) is 0 Å². The summed E-state index contributed by atoms with van der Waals surface area (Å²) >= 11 is 0. The SMILES string of the molecule is CC(C)C1CC(N)CN(C(=O)C2CCCCC2)C1. The monoisotopic (exact) mass is 252 g/mol. The zero-order chi connectivity index (χ0) is 13.1. The second-order valence-electron chi connectivity index (χ2n) is 6.58. The number of piperidine rings is 1. The smallest absolute Gasteiger partial charge is 0.225 e. The van der Waals surface area contributed by atoms with Crippen molar-refractivity contribution in [2.24, 2.45) is 23.5 Å². The van der Waals surface area contributed by atoms with Crippen molar-refractivity contribution in [2.75, 3.05) is 13.1 Å². The Kier molecular flexibility index (Phi) is 4.66. The molecule has 3 nitrogen and oxygen atoms in total. The molecular weight excluding hydrogens is 224 g/mol. The summed E-state index contributed by atoms with van der Waals surface area (Å²) in [6.07, 6.45) is 7.02. The van der Waals surface area contributed by atoms with Crippen molar-refractivity contribution in [3.8, 4) is 0 Å². The molecule has 1 heterocycles. The lowest BCUT2D eigenvalue weighted by molar-refractivity contribution is -0.139. The first-order valence-corrected chi connectivity index (χ1v) is 7.62. The summed E-state index contributed by atoms with van der Waals surface area (Å²) in [4.78, 5) is 14.6. The maximum atomic E-state index is 12.5. The molecule has 2 fully saturated rings. The Bertz CT molecular complexity index is 284. The molecule has 104 valence electrons. The molecule has 2 atom stereocenters. The van der Waals surface area contributed by atoms with Gasteiger partial charge in [-0.2, -0.15) is 0 Å². The average Bonchev–Trinajstić information content (AvgIpc) is 2.38. The van der Waals surface area contributed by atoms with Crippen LogP contribution in [0.2, 0.25) is 0 Å². The van der Waals surface area contributed by atoms with Gasteiger partial charge in [0.1, 0.15) is 0 Å². The van der Waals surface area contributed by atoms with E-state index in [0.717, 1.165) is 32.4 Å². The van der Waals surface area contributed by atoms with Crippen LogP contribution in [0.4, 0.5) is 0 Å². The Hall–Kier alpha value is -0.570. The van der Waals surface area contributed by atoms with E-state index < -0.39 is 0 Å². The summed E-state index contributed by atoms with van der Waals surface area (Å²) in [5.74, 6) is 1.88. The normalized spacial score (nSPS) is 30.8. The lowest BCUT2D eigenvalue weighted by atomic mass is 9.83. The molecule has 1 amide bonds. The van der Waals surface area contributed by atoms with Gasteiger partial charge in [-0.05, 0) is 31.1 Å². The Morgan fingerprint density at radius 1 is 1.17 bits per heavy atom. The minimum absolute atomic E-state index is 0.179. The second-order valence-corrected chi connectivity index (χ2v) is 6.58. The second kappa shape index (κ2) is 6.05. The first-order valence-electron chi connectivity index (χ1n) is 7.62. The molecule has 0 bridgehead atoms. The maximum absolute atomic E-state index is 12.5. The number of nitrogens with zero attached hydrogens (tertiary/aromatic N) is 1. The fourth-order valence-electron chi connectivity index (χ4n) is 3.45. The molecule has 0 aromatic rings. The third-order valence-electron chi connectivity index (χ3n) is 4.72. The number of carbonyl (C=O) groups is 1. The standard InChI is InChI=1S/C15H28N2O/c1-11(2)13-8-14(16)10-17(9-13)15(18)12-6-4-3-5-7-12/h11-14H,3-10,16H2,1-2H3. The largest absolute Gasteiger partial charge is 0.341 e. The number of hydrogen-bond acceptors (Lipinski definition) is 2. The molecule has 0 radical (unpaired) electrons. The first kappa shape index (κ1) is 13.9. The third kappa shape index (κ3) is 3.25. The number of nitrogens with two attached hydrogens (primary N) is 1. The highest BCUT2D eigenvalue weighted by Gasteiger charge is 2.33. The van der Waals surface area contributed by atoms with Crippen LogP contribution in [0.25, 0.3) is 0 Å². The van der Waals surface area contributed by atoms with Crippen LogP contribution < -0.4 is 5.73 Å². The zero-order valence-electron chi connectivity index (χ0n) is 11.9. The number of carbonyl (C=O) groups excluding carboxylic acids is 1. The van der Waals surface area contributed by atoms with Crippen LogP contribution in [0, 0.1) is 17.8 Å². The van der Waals surface area contributed by atoms with E-state index >= 15 is 0 Å². The minimum Gasteiger partial charge on any atom is -0.341 e.